The van der Waals surface area contributed by atoms with E-state index in [2.05, 4.69) is 111 Å². The summed E-state index contributed by atoms with van der Waals surface area (Å²) in [7, 11) is 0. The van der Waals surface area contributed by atoms with E-state index in [-0.39, 0.29) is 35.8 Å². The van der Waals surface area contributed by atoms with E-state index >= 15 is 0 Å². The van der Waals surface area contributed by atoms with Crippen LogP contribution in [0.2, 0.25) is 0 Å². The molecule has 1 N–H and O–H groups in total. The van der Waals surface area contributed by atoms with Crippen LogP contribution in [0.1, 0.15) is 23.1 Å². The highest BCUT2D eigenvalue weighted by Gasteiger charge is 2.36. The molecule has 0 unspecified atom stereocenters. The lowest BCUT2D eigenvalue weighted by Gasteiger charge is -2.40. The van der Waals surface area contributed by atoms with E-state index in [1.54, 1.807) is 6.20 Å². The van der Waals surface area contributed by atoms with E-state index in [1.165, 1.54) is 22.8 Å². The molecule has 0 amide bonds. The zero-order valence-electron chi connectivity index (χ0n) is 20.1. The third-order valence-corrected chi connectivity index (χ3v) is 6.93. The molecule has 36 heavy (non-hydrogen) atoms. The first kappa shape index (κ1) is 27.5. The monoisotopic (exact) mass is 522 g/mol. The van der Waals surface area contributed by atoms with Gasteiger partial charge in [0, 0.05) is 43.9 Å². The van der Waals surface area contributed by atoms with E-state index in [0.717, 1.165) is 39.1 Å². The Morgan fingerprint density at radius 3 is 1.61 bits per heavy atom. The van der Waals surface area contributed by atoms with Gasteiger partial charge in [-0.05, 0) is 29.7 Å². The summed E-state index contributed by atoms with van der Waals surface area (Å²) in [4.78, 5) is 23.6. The van der Waals surface area contributed by atoms with Gasteiger partial charge in [-0.1, -0.05) is 91.0 Å². The van der Waals surface area contributed by atoms with Gasteiger partial charge in [0.1, 0.15) is 0 Å². The lowest BCUT2D eigenvalue weighted by atomic mass is 9.67. The average molecular weight is 524 g/mol. The van der Waals surface area contributed by atoms with E-state index in [4.69, 9.17) is 0 Å². The number of benzene rings is 3. The van der Waals surface area contributed by atoms with Gasteiger partial charge in [0.2, 0.25) is 5.95 Å². The van der Waals surface area contributed by atoms with Crippen molar-refractivity contribution in [3.05, 3.63) is 130 Å². The lowest BCUT2D eigenvalue weighted by molar-refractivity contribution is 0.241. The summed E-state index contributed by atoms with van der Waals surface area (Å²) in [6.45, 7) is 4.55. The molecule has 1 aliphatic heterocycles. The minimum absolute atomic E-state index is 0. The Bertz CT molecular complexity index is 1150. The lowest BCUT2D eigenvalue weighted by Crippen LogP contribution is -2.48. The first-order valence-corrected chi connectivity index (χ1v) is 11.9. The molecule has 188 valence electrons. The van der Waals surface area contributed by atoms with Crippen molar-refractivity contribution in [2.45, 2.75) is 11.8 Å². The maximum atomic E-state index is 11.7. The molecule has 1 aliphatic rings. The molecule has 4 aromatic rings. The van der Waals surface area contributed by atoms with Gasteiger partial charge in [0.15, 0.2) is 0 Å². The third-order valence-electron chi connectivity index (χ3n) is 6.93. The molecule has 0 radical (unpaired) electrons. The second-order valence-electron chi connectivity index (χ2n) is 8.84. The molecule has 7 heteroatoms. The van der Waals surface area contributed by atoms with E-state index in [1.807, 2.05) is 0 Å². The van der Waals surface area contributed by atoms with Crippen LogP contribution in [0.3, 0.4) is 0 Å². The van der Waals surface area contributed by atoms with Gasteiger partial charge in [-0.3, -0.25) is 14.7 Å². The number of piperazine rings is 1. The molecular weight excluding hydrogens is 491 g/mol. The summed E-state index contributed by atoms with van der Waals surface area (Å²) >= 11 is 0. The minimum atomic E-state index is -0.229. The average Bonchev–Trinajstić information content (AvgIpc) is 2.91. The van der Waals surface area contributed by atoms with Crippen LogP contribution < -0.4 is 10.5 Å². The number of aromatic nitrogens is 2. The van der Waals surface area contributed by atoms with Crippen LogP contribution >= 0.6 is 24.8 Å². The number of hydrogen-bond acceptors (Lipinski definition) is 4. The second-order valence-corrected chi connectivity index (χ2v) is 8.84. The normalized spacial score (nSPS) is 13.9. The summed E-state index contributed by atoms with van der Waals surface area (Å²) in [6, 6.07) is 34.1. The summed E-state index contributed by atoms with van der Waals surface area (Å²) < 4.78 is 0. The number of aromatic amines is 1. The fraction of sp³-hybridized carbons (Fsp3) is 0.241. The van der Waals surface area contributed by atoms with Crippen molar-refractivity contribution in [2.24, 2.45) is 0 Å². The Balaban J connectivity index is 0.00000180. The number of rotatable bonds is 7. The first-order valence-electron chi connectivity index (χ1n) is 11.9. The van der Waals surface area contributed by atoms with Crippen LogP contribution in [0, 0.1) is 0 Å². The smallest absolute Gasteiger partial charge is 0.252 e. The van der Waals surface area contributed by atoms with Crippen LogP contribution in [0.4, 0.5) is 5.95 Å². The highest BCUT2D eigenvalue weighted by atomic mass is 35.5. The Labute approximate surface area is 225 Å². The Morgan fingerprint density at radius 2 is 1.17 bits per heavy atom. The van der Waals surface area contributed by atoms with Crippen molar-refractivity contribution < 1.29 is 0 Å². The van der Waals surface area contributed by atoms with E-state index in [9.17, 15) is 4.79 Å². The molecule has 0 aliphatic carbocycles. The fourth-order valence-corrected chi connectivity index (χ4v) is 5.13. The van der Waals surface area contributed by atoms with Crippen LogP contribution in [0.5, 0.6) is 0 Å². The number of halogens is 2. The summed E-state index contributed by atoms with van der Waals surface area (Å²) in [5.74, 6) is 0.666. The third kappa shape index (κ3) is 5.81. The Morgan fingerprint density at radius 1 is 0.694 bits per heavy atom. The number of H-pyrrole nitrogens is 1. The molecule has 5 rings (SSSR count). The van der Waals surface area contributed by atoms with Crippen LogP contribution in [0.15, 0.2) is 108 Å². The van der Waals surface area contributed by atoms with Crippen LogP contribution in [-0.2, 0) is 5.41 Å². The quantitative estimate of drug-likeness (QED) is 0.340. The molecule has 0 atom stereocenters. The molecule has 3 aromatic carbocycles. The van der Waals surface area contributed by atoms with Crippen molar-refractivity contribution in [1.82, 2.24) is 14.9 Å². The van der Waals surface area contributed by atoms with Gasteiger partial charge >= 0.3 is 0 Å². The van der Waals surface area contributed by atoms with Gasteiger partial charge in [-0.2, -0.15) is 0 Å². The zero-order valence-corrected chi connectivity index (χ0v) is 21.8. The van der Waals surface area contributed by atoms with Gasteiger partial charge < -0.3 is 4.90 Å². The first-order chi connectivity index (χ1) is 16.8. The predicted molar refractivity (Wildman–Crippen MR) is 152 cm³/mol. The van der Waals surface area contributed by atoms with Gasteiger partial charge in [-0.25, -0.2) is 4.98 Å². The van der Waals surface area contributed by atoms with Crippen LogP contribution in [0.25, 0.3) is 0 Å². The largest absolute Gasteiger partial charge is 0.340 e. The SMILES string of the molecule is Cl.Cl.O=c1ccnc(N2CCN(CCC(c3ccccc3)(c3ccccc3)c3ccccc3)CC2)[nH]1. The summed E-state index contributed by atoms with van der Waals surface area (Å²) in [6.07, 6.45) is 2.56. The molecule has 1 saturated heterocycles. The summed E-state index contributed by atoms with van der Waals surface area (Å²) in [5, 5.41) is 0. The topological polar surface area (TPSA) is 52.2 Å². The van der Waals surface area contributed by atoms with Crippen molar-refractivity contribution >= 4 is 30.8 Å². The van der Waals surface area contributed by atoms with Crippen molar-refractivity contribution in [3.63, 3.8) is 0 Å². The highest BCUT2D eigenvalue weighted by molar-refractivity contribution is 5.85. The Kier molecular flexibility index (Phi) is 9.71. The maximum Gasteiger partial charge on any atom is 0.252 e. The zero-order chi connectivity index (χ0) is 23.2. The number of nitrogens with one attached hydrogen (secondary N) is 1. The number of hydrogen-bond donors (Lipinski definition) is 1. The standard InChI is InChI=1S/C29H30N4O.2ClH/c34-27-16-18-30-28(31-27)33-22-20-32(21-23-33)19-17-29(24-10-4-1-5-11-24,25-12-6-2-7-13-25)26-14-8-3-9-15-26;;/h1-16,18H,17,19-23H2,(H,30,31,34);2*1H. The van der Waals surface area contributed by atoms with Crippen molar-refractivity contribution in [1.29, 1.82) is 0 Å². The highest BCUT2D eigenvalue weighted by Crippen LogP contribution is 2.42. The second kappa shape index (κ2) is 12.7. The molecule has 0 spiro atoms. The fourth-order valence-electron chi connectivity index (χ4n) is 5.13. The predicted octanol–water partition coefficient (Wildman–Crippen LogP) is 5.16. The van der Waals surface area contributed by atoms with Crippen molar-refractivity contribution in [3.8, 4) is 0 Å². The van der Waals surface area contributed by atoms with Crippen molar-refractivity contribution in [2.75, 3.05) is 37.6 Å². The summed E-state index contributed by atoms with van der Waals surface area (Å²) in [5.41, 5.74) is 3.62. The Hall–Kier alpha value is -3.12. The molecular formula is C29H32Cl2N4O. The maximum absolute atomic E-state index is 11.7. The molecule has 2 heterocycles. The number of anilines is 1. The van der Waals surface area contributed by atoms with E-state index in [0.29, 0.717) is 5.95 Å². The van der Waals surface area contributed by atoms with Gasteiger partial charge in [-0.15, -0.1) is 24.8 Å². The molecule has 5 nitrogen and oxygen atoms in total. The van der Waals surface area contributed by atoms with Gasteiger partial charge in [0.05, 0.1) is 0 Å². The number of nitrogens with zero attached hydrogens (tertiary/aromatic N) is 3. The molecule has 1 aromatic heterocycles. The minimum Gasteiger partial charge on any atom is -0.340 e. The molecule has 1 fully saturated rings. The van der Waals surface area contributed by atoms with Gasteiger partial charge in [0.25, 0.3) is 5.56 Å². The molecule has 0 saturated carbocycles. The van der Waals surface area contributed by atoms with Crippen LogP contribution in [-0.4, -0.2) is 47.6 Å². The van der Waals surface area contributed by atoms with E-state index < -0.39 is 0 Å². The molecule has 0 bridgehead atoms.